The van der Waals surface area contributed by atoms with E-state index in [9.17, 15) is 19.2 Å². The molecule has 0 aliphatic carbocycles. The SMILES string of the molecule is C=c1nc2c(c(=O)[nH]1)=Nc1cc(C)c(C)cc1N2CCNCc1ccc(Cl)cc1.C=c1nc2c(c(=O)[nH]1)=Nc1cc(C)c(C)cc1N2CCNCc1ccc(OC)cc1.C=c1nc2c(c(=O)[nH]1)=Nc1cc(C)c(C)cc1N2CCNCc1cccc2ccccc12.C=c1nc2c(c(=O)[nH]1)=Nc1cc(C)c(C)cc1N2CCNCc1ccccn1. The third kappa shape index (κ3) is 18.8. The molecule has 27 heteroatoms. The van der Waals surface area contributed by atoms with Crippen molar-refractivity contribution in [1.29, 1.82) is 0 Å². The van der Waals surface area contributed by atoms with Gasteiger partial charge in [-0.15, -0.1) is 0 Å². The Morgan fingerprint density at radius 1 is 0.378 bits per heavy atom. The van der Waals surface area contributed by atoms with Crippen LogP contribution in [0.4, 0.5) is 68.8 Å². The van der Waals surface area contributed by atoms with Gasteiger partial charge in [0.2, 0.25) is 0 Å². The molecule has 0 atom stereocenters. The number of nitrogens with zero attached hydrogens (tertiary/aromatic N) is 13. The molecule has 0 fully saturated rings. The Kier molecular flexibility index (Phi) is 25.1. The third-order valence-corrected chi connectivity index (χ3v) is 21.4. The van der Waals surface area contributed by atoms with Gasteiger partial charge in [0.05, 0.1) is 58.3 Å². The van der Waals surface area contributed by atoms with E-state index in [1.165, 1.54) is 44.2 Å². The van der Waals surface area contributed by atoms with E-state index in [1.54, 1.807) is 13.3 Å². The van der Waals surface area contributed by atoms with E-state index in [1.807, 2.05) is 122 Å². The molecule has 4 aliphatic heterocycles. The number of rotatable bonds is 21. The number of benzene rings is 8. The van der Waals surface area contributed by atoms with Crippen LogP contribution in [0.2, 0.25) is 5.02 Å². The molecule has 0 spiro atoms. The van der Waals surface area contributed by atoms with E-state index in [0.717, 1.165) is 116 Å². The molecule has 4 aliphatic rings. The first-order chi connectivity index (χ1) is 57.4. The van der Waals surface area contributed by atoms with Crippen molar-refractivity contribution in [3.63, 3.8) is 0 Å². The highest BCUT2D eigenvalue weighted by Gasteiger charge is 2.28. The quantitative estimate of drug-likeness (QED) is 0.0311. The summed E-state index contributed by atoms with van der Waals surface area (Å²) >= 11 is 5.94. The average Bonchev–Trinajstić information content (AvgIpc) is 0.771. The van der Waals surface area contributed by atoms with Crippen molar-refractivity contribution >= 4 is 117 Å². The number of pyridine rings is 1. The molecule has 5 aromatic heterocycles. The lowest BCUT2D eigenvalue weighted by molar-refractivity contribution is 0.414. The van der Waals surface area contributed by atoms with Crippen LogP contribution in [0.3, 0.4) is 0 Å². The molecule has 0 saturated heterocycles. The van der Waals surface area contributed by atoms with Crippen molar-refractivity contribution in [2.45, 2.75) is 81.6 Å². The Bertz CT molecular complexity index is 6800. The lowest BCUT2D eigenvalue weighted by atomic mass is 10.0. The van der Waals surface area contributed by atoms with Crippen molar-refractivity contribution in [3.05, 3.63) is 321 Å². The van der Waals surface area contributed by atoms with Gasteiger partial charge in [-0.1, -0.05) is 111 Å². The van der Waals surface area contributed by atoms with Crippen LogP contribution >= 0.6 is 11.6 Å². The number of anilines is 8. The number of aromatic amines is 4. The van der Waals surface area contributed by atoms with Crippen LogP contribution in [0, 0.1) is 55.4 Å². The fourth-order valence-corrected chi connectivity index (χ4v) is 14.5. The Hall–Kier alpha value is -13.5. The number of nitrogens with one attached hydrogen (secondary N) is 8. The molecule has 9 heterocycles. The zero-order chi connectivity index (χ0) is 83.7. The molecule has 17 rings (SSSR count). The zero-order valence-corrected chi connectivity index (χ0v) is 68.9. The van der Waals surface area contributed by atoms with Gasteiger partial charge in [-0.2, -0.15) is 0 Å². The topological polar surface area (TPSA) is 316 Å². The summed E-state index contributed by atoms with van der Waals surface area (Å²) in [6, 6.07) is 52.9. The second-order valence-corrected chi connectivity index (χ2v) is 30.1. The highest BCUT2D eigenvalue weighted by Crippen LogP contribution is 2.41. The molecule has 0 radical (unpaired) electrons. The molecule has 0 unspecified atom stereocenters. The van der Waals surface area contributed by atoms with E-state index in [2.05, 4.69) is 224 Å². The molecule has 8 N–H and O–H groups in total. The van der Waals surface area contributed by atoms with E-state index in [0.29, 0.717) is 119 Å². The number of H-pyrrole nitrogens is 4. The molecule has 604 valence electrons. The van der Waals surface area contributed by atoms with E-state index in [-0.39, 0.29) is 22.2 Å². The van der Waals surface area contributed by atoms with Crippen molar-refractivity contribution in [1.82, 2.24) is 66.1 Å². The van der Waals surface area contributed by atoms with E-state index >= 15 is 0 Å². The number of ether oxygens (including phenoxy) is 1. The molecule has 13 aromatic rings. The number of hydrogen-bond donors (Lipinski definition) is 8. The fourth-order valence-electron chi connectivity index (χ4n) is 14.3. The maximum atomic E-state index is 12.6. The first-order valence-electron chi connectivity index (χ1n) is 39.3. The summed E-state index contributed by atoms with van der Waals surface area (Å²) in [7, 11) is 1.66. The van der Waals surface area contributed by atoms with Crippen molar-refractivity contribution in [2.24, 2.45) is 20.0 Å². The number of fused-ring (bicyclic) bond motifs is 9. The Labute approximate surface area is 691 Å². The van der Waals surface area contributed by atoms with Crippen molar-refractivity contribution < 1.29 is 4.74 Å². The van der Waals surface area contributed by atoms with Crippen LogP contribution in [-0.4, -0.2) is 104 Å². The second kappa shape index (κ2) is 36.3. The van der Waals surface area contributed by atoms with Gasteiger partial charge < -0.3 is 65.5 Å². The largest absolute Gasteiger partial charge is 0.497 e. The molecule has 8 aromatic carbocycles. The van der Waals surface area contributed by atoms with E-state index in [4.69, 9.17) is 16.3 Å². The van der Waals surface area contributed by atoms with Gasteiger partial charge in [-0.3, -0.25) is 24.2 Å². The summed E-state index contributed by atoms with van der Waals surface area (Å²) in [5, 5.41) is 18.4. The Morgan fingerprint density at radius 3 is 1.07 bits per heavy atom. The first kappa shape index (κ1) is 82.0. The number of methoxy groups -OCH3 is 1. The minimum absolute atomic E-state index is 0.266. The van der Waals surface area contributed by atoms with Crippen LogP contribution in [0.5, 0.6) is 5.75 Å². The maximum Gasteiger partial charge on any atom is 0.279 e. The van der Waals surface area contributed by atoms with Crippen LogP contribution in [0.1, 0.15) is 66.9 Å². The van der Waals surface area contributed by atoms with Crippen LogP contribution in [-0.2, 0) is 26.2 Å². The normalized spacial score (nSPS) is 12.3. The summed E-state index contributed by atoms with van der Waals surface area (Å²) in [5.41, 5.74) is 21.0. The average molecular weight is 1610 g/mol. The van der Waals surface area contributed by atoms with Gasteiger partial charge in [0.25, 0.3) is 22.2 Å². The van der Waals surface area contributed by atoms with Crippen molar-refractivity contribution in [2.75, 3.05) is 79.1 Å². The highest BCUT2D eigenvalue weighted by molar-refractivity contribution is 6.30. The van der Waals surface area contributed by atoms with Crippen LogP contribution < -0.4 is 111 Å². The predicted molar refractivity (Wildman–Crippen MR) is 474 cm³/mol. The molecule has 0 bridgehead atoms. The number of halogens is 1. The summed E-state index contributed by atoms with van der Waals surface area (Å²) < 4.78 is 5.20. The van der Waals surface area contributed by atoms with Gasteiger partial charge >= 0.3 is 0 Å². The minimum atomic E-state index is -0.275. The van der Waals surface area contributed by atoms with E-state index < -0.39 is 0 Å². The van der Waals surface area contributed by atoms with Gasteiger partial charge in [0, 0.05) is 89.8 Å². The number of hydrogen-bond acceptors (Lipinski definition) is 22. The summed E-state index contributed by atoms with van der Waals surface area (Å²) in [6.07, 6.45) is 1.78. The zero-order valence-electron chi connectivity index (χ0n) is 68.1. The highest BCUT2D eigenvalue weighted by atomic mass is 35.5. The second-order valence-electron chi connectivity index (χ2n) is 29.6. The summed E-state index contributed by atoms with van der Waals surface area (Å²) in [4.78, 5) is 109. The van der Waals surface area contributed by atoms with Gasteiger partial charge in [-0.05, 0) is 212 Å². The minimum Gasteiger partial charge on any atom is -0.497 e. The summed E-state index contributed by atoms with van der Waals surface area (Å²) in [5.74, 6) is 3.04. The standard InChI is InChI=1S/C26H25N5O.C23H25N5O2.C22H22ClN5O.C21H22N6O/c1-16-13-22-23(14-17(16)2)31(25-24(30-22)26(32)29-18(3)28-25)12-11-27-15-20-9-6-8-19-7-4-5-10-21(19)20;1-14-11-19-20(12-15(14)2)28(22-21(27-19)23(29)26-16(3)25-22)10-9-24-13-17-5-7-18(30-4)8-6-17;1-13-10-18-19(11-14(13)2)28(21-20(27-18)22(29)26-15(3)25-21)9-8-24-12-16-4-6-17(23)7-5-16;1-13-10-17-18(11-14(13)2)27(9-8-22-12-16-6-4-5-7-23-16)20-19(26-17)21(28)25-15(3)24-20/h4-10,13-14,27H,3,11-12,15H2,1-2H3,(H,29,32);5-8,11-12,24H,3,9-10,13H2,1-2,4H3,(H,26,29);4-7,10-11,24H,3,8-9,12H2,1-2H3,(H,26,29);4-7,10-11,22H,3,8-9,12H2,1-2H3,(H,25,28). The third-order valence-electron chi connectivity index (χ3n) is 21.2. The molecule has 0 saturated carbocycles. The molecule has 0 amide bonds. The van der Waals surface area contributed by atoms with Crippen LogP contribution in [0.15, 0.2) is 203 Å². The maximum absolute atomic E-state index is 12.6. The molecular formula is C92H94ClN21O5. The predicted octanol–water partition coefficient (Wildman–Crippen LogP) is 9.17. The smallest absolute Gasteiger partial charge is 0.279 e. The van der Waals surface area contributed by atoms with Gasteiger partial charge in [0.1, 0.15) is 27.7 Å². The summed E-state index contributed by atoms with van der Waals surface area (Å²) in [6.45, 7) is 40.0. The fraction of sp³-hybridized carbons (Fsp3) is 0.228. The lowest BCUT2D eigenvalue weighted by Crippen LogP contribution is -2.43. The van der Waals surface area contributed by atoms with Gasteiger partial charge in [0.15, 0.2) is 44.7 Å². The van der Waals surface area contributed by atoms with Crippen molar-refractivity contribution in [3.8, 4) is 5.75 Å². The van der Waals surface area contributed by atoms with Crippen LogP contribution in [0.25, 0.3) is 37.1 Å². The lowest BCUT2D eigenvalue weighted by Gasteiger charge is -2.28. The number of aryl methyl sites for hydroxylation is 8. The molecular weight excluding hydrogens is 1510 g/mol. The Morgan fingerprint density at radius 2 is 0.706 bits per heavy atom. The monoisotopic (exact) mass is 1610 g/mol. The Balaban J connectivity index is 0.000000130. The first-order valence-corrected chi connectivity index (χ1v) is 39.6. The molecule has 26 nitrogen and oxygen atoms in total. The number of aromatic nitrogens is 9. The van der Waals surface area contributed by atoms with Gasteiger partial charge in [-0.25, -0.2) is 39.9 Å². The molecule has 119 heavy (non-hydrogen) atoms.